The molecule has 2 N–H and O–H groups in total. The fourth-order valence-corrected chi connectivity index (χ4v) is 3.34. The maximum Gasteiger partial charge on any atom is 0.339 e. The van der Waals surface area contributed by atoms with Crippen molar-refractivity contribution in [3.63, 3.8) is 0 Å². The highest BCUT2D eigenvalue weighted by Gasteiger charge is 2.22. The molecule has 2 heterocycles. The Morgan fingerprint density at radius 2 is 2.00 bits per heavy atom. The molecule has 3 rings (SSSR count). The minimum atomic E-state index is -0.385. The molecule has 0 radical (unpaired) electrons. The van der Waals surface area contributed by atoms with Gasteiger partial charge in [0.05, 0.1) is 23.3 Å². The number of fused-ring (bicyclic) bond motifs is 1. The lowest BCUT2D eigenvalue weighted by Gasteiger charge is -2.10. The van der Waals surface area contributed by atoms with Crippen LogP contribution < -0.4 is 5.73 Å². The third-order valence-corrected chi connectivity index (χ3v) is 4.64. The highest BCUT2D eigenvalue weighted by Crippen LogP contribution is 2.32. The number of benzene rings is 1. The molecule has 2 aromatic heterocycles. The molecule has 0 fully saturated rings. The SMILES string of the molecule is CCOC(=O)c1cc(-c2ccc(CN)cc2)nc2c1c(Br)nn2C(C)C. The van der Waals surface area contributed by atoms with E-state index in [1.165, 1.54) is 0 Å². The zero-order valence-corrected chi connectivity index (χ0v) is 16.6. The van der Waals surface area contributed by atoms with Crippen LogP contribution in [0.15, 0.2) is 34.9 Å². The van der Waals surface area contributed by atoms with Crippen molar-refractivity contribution in [3.8, 4) is 11.3 Å². The van der Waals surface area contributed by atoms with E-state index in [4.69, 9.17) is 15.5 Å². The molecular weight excluding hydrogens is 396 g/mol. The van der Waals surface area contributed by atoms with Crippen LogP contribution in [-0.2, 0) is 11.3 Å². The van der Waals surface area contributed by atoms with Crippen LogP contribution in [0.2, 0.25) is 0 Å². The summed E-state index contributed by atoms with van der Waals surface area (Å²) in [5.41, 5.74) is 9.41. The number of nitrogens with zero attached hydrogens (tertiary/aromatic N) is 3. The fraction of sp³-hybridized carbons (Fsp3) is 0.316. The Balaban J connectivity index is 2.26. The number of carbonyl (C=O) groups excluding carboxylic acids is 1. The predicted octanol–water partition coefficient (Wildman–Crippen LogP) is 4.08. The summed E-state index contributed by atoms with van der Waals surface area (Å²) in [6, 6.07) is 9.69. The van der Waals surface area contributed by atoms with Gasteiger partial charge in [0.1, 0.15) is 4.60 Å². The fourth-order valence-electron chi connectivity index (χ4n) is 2.78. The van der Waals surface area contributed by atoms with Crippen LogP contribution >= 0.6 is 15.9 Å². The molecule has 0 spiro atoms. The van der Waals surface area contributed by atoms with Gasteiger partial charge < -0.3 is 10.5 Å². The first kappa shape index (κ1) is 18.5. The van der Waals surface area contributed by atoms with E-state index < -0.39 is 0 Å². The summed E-state index contributed by atoms with van der Waals surface area (Å²) in [5, 5.41) is 5.17. The number of carbonyl (C=O) groups is 1. The van der Waals surface area contributed by atoms with Gasteiger partial charge in [-0.05, 0) is 48.3 Å². The van der Waals surface area contributed by atoms with Gasteiger partial charge in [-0.2, -0.15) is 5.10 Å². The molecule has 136 valence electrons. The van der Waals surface area contributed by atoms with Crippen LogP contribution in [0.4, 0.5) is 0 Å². The van der Waals surface area contributed by atoms with Gasteiger partial charge in [0.15, 0.2) is 5.65 Å². The number of hydrogen-bond donors (Lipinski definition) is 1. The summed E-state index contributed by atoms with van der Waals surface area (Å²) in [4.78, 5) is 17.3. The number of aromatic nitrogens is 3. The summed E-state index contributed by atoms with van der Waals surface area (Å²) < 4.78 is 7.64. The van der Waals surface area contributed by atoms with Gasteiger partial charge in [0, 0.05) is 18.2 Å². The first-order valence-corrected chi connectivity index (χ1v) is 9.30. The average Bonchev–Trinajstić information content (AvgIpc) is 2.98. The Hall–Kier alpha value is -2.25. The Labute approximate surface area is 160 Å². The monoisotopic (exact) mass is 416 g/mol. The quantitative estimate of drug-likeness (QED) is 0.633. The van der Waals surface area contributed by atoms with E-state index in [2.05, 4.69) is 21.0 Å². The minimum Gasteiger partial charge on any atom is -0.462 e. The summed E-state index contributed by atoms with van der Waals surface area (Å²) in [6.45, 7) is 6.61. The molecule has 0 aliphatic carbocycles. The number of hydrogen-bond acceptors (Lipinski definition) is 5. The van der Waals surface area contributed by atoms with Crippen LogP contribution in [0, 0.1) is 0 Å². The number of ether oxygens (including phenoxy) is 1. The molecule has 26 heavy (non-hydrogen) atoms. The van der Waals surface area contributed by atoms with Crippen molar-refractivity contribution >= 4 is 32.9 Å². The summed E-state index contributed by atoms with van der Waals surface area (Å²) in [5.74, 6) is -0.385. The molecule has 0 unspecified atom stereocenters. The molecular formula is C19H21BrN4O2. The van der Waals surface area contributed by atoms with Gasteiger partial charge in [-0.25, -0.2) is 14.5 Å². The molecule has 1 aromatic carbocycles. The van der Waals surface area contributed by atoms with Crippen LogP contribution in [0.25, 0.3) is 22.3 Å². The Bertz CT molecular complexity index is 948. The minimum absolute atomic E-state index is 0.0983. The van der Waals surface area contributed by atoms with Crippen molar-refractivity contribution in [1.29, 1.82) is 0 Å². The maximum atomic E-state index is 12.5. The zero-order valence-electron chi connectivity index (χ0n) is 15.0. The van der Waals surface area contributed by atoms with Crippen LogP contribution in [0.5, 0.6) is 0 Å². The molecule has 0 saturated heterocycles. The van der Waals surface area contributed by atoms with Crippen LogP contribution in [0.3, 0.4) is 0 Å². The molecule has 3 aromatic rings. The number of nitrogens with two attached hydrogens (primary N) is 1. The Kier molecular flexibility index (Phi) is 5.38. The first-order chi connectivity index (χ1) is 12.5. The molecule has 0 bridgehead atoms. The van der Waals surface area contributed by atoms with Gasteiger partial charge in [-0.1, -0.05) is 24.3 Å². The average molecular weight is 417 g/mol. The largest absolute Gasteiger partial charge is 0.462 e. The third kappa shape index (κ3) is 3.37. The Morgan fingerprint density at radius 3 is 2.58 bits per heavy atom. The second kappa shape index (κ2) is 7.55. The number of halogens is 1. The lowest BCUT2D eigenvalue weighted by molar-refractivity contribution is 0.0528. The molecule has 6 nitrogen and oxygen atoms in total. The zero-order chi connectivity index (χ0) is 18.8. The molecule has 7 heteroatoms. The smallest absolute Gasteiger partial charge is 0.339 e. The van der Waals surface area contributed by atoms with Crippen molar-refractivity contribution in [2.45, 2.75) is 33.4 Å². The molecule has 0 amide bonds. The van der Waals surface area contributed by atoms with Crippen molar-refractivity contribution in [1.82, 2.24) is 14.8 Å². The third-order valence-electron chi connectivity index (χ3n) is 4.09. The Morgan fingerprint density at radius 1 is 1.31 bits per heavy atom. The standard InChI is InChI=1S/C19H21BrN4O2/c1-4-26-19(25)14-9-15(13-7-5-12(10-21)6-8-13)22-18-16(14)17(20)23-24(18)11(2)3/h5-9,11H,4,10,21H2,1-3H3. The number of pyridine rings is 1. The molecule has 0 atom stereocenters. The highest BCUT2D eigenvalue weighted by atomic mass is 79.9. The number of rotatable bonds is 5. The first-order valence-electron chi connectivity index (χ1n) is 8.51. The van der Waals surface area contributed by atoms with E-state index in [1.54, 1.807) is 17.7 Å². The molecule has 0 saturated carbocycles. The van der Waals surface area contributed by atoms with Crippen LogP contribution in [-0.4, -0.2) is 27.3 Å². The summed E-state index contributed by atoms with van der Waals surface area (Å²) >= 11 is 3.46. The van der Waals surface area contributed by atoms with E-state index in [-0.39, 0.29) is 12.0 Å². The summed E-state index contributed by atoms with van der Waals surface area (Å²) in [6.07, 6.45) is 0. The van der Waals surface area contributed by atoms with Crippen molar-refractivity contribution in [2.24, 2.45) is 5.73 Å². The number of esters is 1. The van der Waals surface area contributed by atoms with Gasteiger partial charge in [-0.3, -0.25) is 0 Å². The second-order valence-corrected chi connectivity index (χ2v) is 6.96. The summed E-state index contributed by atoms with van der Waals surface area (Å²) in [7, 11) is 0. The second-order valence-electron chi connectivity index (χ2n) is 6.20. The van der Waals surface area contributed by atoms with Crippen LogP contribution in [0.1, 0.15) is 42.7 Å². The van der Waals surface area contributed by atoms with E-state index in [0.717, 1.165) is 11.1 Å². The van der Waals surface area contributed by atoms with Gasteiger partial charge in [0.25, 0.3) is 0 Å². The van der Waals surface area contributed by atoms with Crippen molar-refractivity contribution in [2.75, 3.05) is 6.61 Å². The normalized spacial score (nSPS) is 11.3. The van der Waals surface area contributed by atoms with E-state index in [0.29, 0.717) is 40.0 Å². The molecule has 0 aliphatic heterocycles. The predicted molar refractivity (Wildman–Crippen MR) is 105 cm³/mol. The lowest BCUT2D eigenvalue weighted by atomic mass is 10.1. The van der Waals surface area contributed by atoms with E-state index in [1.807, 2.05) is 38.1 Å². The van der Waals surface area contributed by atoms with E-state index >= 15 is 0 Å². The van der Waals surface area contributed by atoms with Gasteiger partial charge in [-0.15, -0.1) is 0 Å². The van der Waals surface area contributed by atoms with E-state index in [9.17, 15) is 4.79 Å². The lowest BCUT2D eigenvalue weighted by Crippen LogP contribution is -2.08. The molecule has 0 aliphatic rings. The van der Waals surface area contributed by atoms with Gasteiger partial charge >= 0.3 is 5.97 Å². The van der Waals surface area contributed by atoms with Crippen molar-refractivity contribution < 1.29 is 9.53 Å². The van der Waals surface area contributed by atoms with Crippen molar-refractivity contribution in [3.05, 3.63) is 46.1 Å². The van der Waals surface area contributed by atoms with Gasteiger partial charge in [0.2, 0.25) is 0 Å². The topological polar surface area (TPSA) is 83.0 Å². The highest BCUT2D eigenvalue weighted by molar-refractivity contribution is 9.10. The maximum absolute atomic E-state index is 12.5.